The van der Waals surface area contributed by atoms with Crippen molar-refractivity contribution >= 4 is 5.97 Å². The summed E-state index contributed by atoms with van der Waals surface area (Å²) in [5.74, 6) is 0.0743. The smallest absolute Gasteiger partial charge is 0.339 e. The second-order valence-corrected chi connectivity index (χ2v) is 4.07. The van der Waals surface area contributed by atoms with Gasteiger partial charge in [0.15, 0.2) is 0 Å². The molecule has 0 bridgehead atoms. The molecule has 0 saturated carbocycles. The van der Waals surface area contributed by atoms with Gasteiger partial charge in [-0.25, -0.2) is 4.79 Å². The third-order valence-corrected chi connectivity index (χ3v) is 2.57. The first-order valence-corrected chi connectivity index (χ1v) is 5.58. The van der Waals surface area contributed by atoms with Crippen molar-refractivity contribution in [3.63, 3.8) is 0 Å². The van der Waals surface area contributed by atoms with Crippen LogP contribution in [0.2, 0.25) is 0 Å². The Balaban J connectivity index is 1.90. The van der Waals surface area contributed by atoms with Gasteiger partial charge in [0.25, 0.3) is 0 Å². The van der Waals surface area contributed by atoms with E-state index in [2.05, 4.69) is 10.4 Å². The van der Waals surface area contributed by atoms with Crippen molar-refractivity contribution in [2.45, 2.75) is 20.0 Å². The second kappa shape index (κ2) is 5.05. The van der Waals surface area contributed by atoms with Gasteiger partial charge in [0.05, 0.1) is 12.2 Å². The number of furan rings is 1. The van der Waals surface area contributed by atoms with Crippen LogP contribution in [0, 0.1) is 6.92 Å². The Labute approximate surface area is 104 Å². The molecule has 2 rings (SSSR count). The van der Waals surface area contributed by atoms with Gasteiger partial charge in [0, 0.05) is 19.8 Å². The number of aromatic carboxylic acids is 1. The lowest BCUT2D eigenvalue weighted by molar-refractivity contribution is 0.0695. The maximum absolute atomic E-state index is 10.8. The van der Waals surface area contributed by atoms with Crippen LogP contribution in [0.5, 0.6) is 0 Å². The molecule has 0 atom stereocenters. The third-order valence-electron chi connectivity index (χ3n) is 2.57. The predicted molar refractivity (Wildman–Crippen MR) is 64.2 cm³/mol. The highest BCUT2D eigenvalue weighted by molar-refractivity contribution is 5.88. The first kappa shape index (κ1) is 12.4. The lowest BCUT2D eigenvalue weighted by Crippen LogP contribution is -2.12. The van der Waals surface area contributed by atoms with Crippen LogP contribution in [-0.4, -0.2) is 20.9 Å². The monoisotopic (exact) mass is 249 g/mol. The Morgan fingerprint density at radius 2 is 2.33 bits per heavy atom. The minimum absolute atomic E-state index is 0.213. The zero-order valence-corrected chi connectivity index (χ0v) is 10.3. The van der Waals surface area contributed by atoms with Gasteiger partial charge in [-0.05, 0) is 19.1 Å². The Kier molecular flexibility index (Phi) is 3.47. The molecule has 0 amide bonds. The number of nitrogens with one attached hydrogen (secondary N) is 1. The van der Waals surface area contributed by atoms with Gasteiger partial charge in [0.2, 0.25) is 0 Å². The Bertz CT molecular complexity index is 557. The van der Waals surface area contributed by atoms with E-state index in [-0.39, 0.29) is 5.56 Å². The third kappa shape index (κ3) is 2.78. The molecule has 18 heavy (non-hydrogen) atoms. The van der Waals surface area contributed by atoms with Crippen molar-refractivity contribution in [1.29, 1.82) is 0 Å². The number of nitrogens with zero attached hydrogens (tertiary/aromatic N) is 2. The largest absolute Gasteiger partial charge is 0.478 e. The molecule has 2 N–H and O–H groups in total. The first-order chi connectivity index (χ1) is 8.56. The van der Waals surface area contributed by atoms with E-state index >= 15 is 0 Å². The molecule has 2 heterocycles. The summed E-state index contributed by atoms with van der Waals surface area (Å²) in [5.41, 5.74) is 1.14. The molecule has 0 aliphatic heterocycles. The number of carboxylic acid groups (broad SMARTS) is 1. The van der Waals surface area contributed by atoms with E-state index in [1.54, 1.807) is 17.7 Å². The molecule has 0 saturated heterocycles. The molecule has 2 aromatic heterocycles. The molecular weight excluding hydrogens is 234 g/mol. The quantitative estimate of drug-likeness (QED) is 0.835. The maximum atomic E-state index is 10.8. The molecule has 0 aliphatic carbocycles. The van der Waals surface area contributed by atoms with Crippen molar-refractivity contribution in [2.75, 3.05) is 0 Å². The van der Waals surface area contributed by atoms with E-state index in [9.17, 15) is 4.79 Å². The van der Waals surface area contributed by atoms with Gasteiger partial charge in [0.1, 0.15) is 17.1 Å². The van der Waals surface area contributed by atoms with Crippen LogP contribution >= 0.6 is 0 Å². The molecule has 6 heteroatoms. The molecule has 6 nitrogen and oxygen atoms in total. The molecule has 0 fully saturated rings. The van der Waals surface area contributed by atoms with E-state index in [1.165, 1.54) is 0 Å². The zero-order chi connectivity index (χ0) is 13.1. The number of carbonyl (C=O) groups is 1. The SMILES string of the molecule is Cc1oc(CNCc2ccn(C)n2)cc1C(=O)O. The average Bonchev–Trinajstić information content (AvgIpc) is 2.85. The van der Waals surface area contributed by atoms with Gasteiger partial charge < -0.3 is 14.8 Å². The highest BCUT2D eigenvalue weighted by Gasteiger charge is 2.13. The fourth-order valence-electron chi connectivity index (χ4n) is 1.71. The van der Waals surface area contributed by atoms with Gasteiger partial charge in [-0.15, -0.1) is 0 Å². The van der Waals surface area contributed by atoms with Crippen LogP contribution in [-0.2, 0) is 20.1 Å². The summed E-state index contributed by atoms with van der Waals surface area (Å²) in [6.45, 7) is 2.74. The standard InChI is InChI=1S/C12H15N3O3/c1-8-11(12(16)17)5-10(18-8)7-13-6-9-3-4-15(2)14-9/h3-5,13H,6-7H2,1-2H3,(H,16,17). The van der Waals surface area contributed by atoms with Crippen molar-refractivity contribution in [2.24, 2.45) is 7.05 Å². The summed E-state index contributed by atoms with van der Waals surface area (Å²) < 4.78 is 7.08. The van der Waals surface area contributed by atoms with E-state index in [0.717, 1.165) is 5.69 Å². The minimum Gasteiger partial charge on any atom is -0.478 e. The van der Waals surface area contributed by atoms with Gasteiger partial charge in [-0.3, -0.25) is 4.68 Å². The highest BCUT2D eigenvalue weighted by atomic mass is 16.4. The Morgan fingerprint density at radius 1 is 1.56 bits per heavy atom. The van der Waals surface area contributed by atoms with E-state index in [0.29, 0.717) is 24.6 Å². The van der Waals surface area contributed by atoms with Crippen molar-refractivity contribution in [3.8, 4) is 0 Å². The second-order valence-electron chi connectivity index (χ2n) is 4.07. The van der Waals surface area contributed by atoms with Crippen LogP contribution in [0.3, 0.4) is 0 Å². The molecule has 0 radical (unpaired) electrons. The number of hydrogen-bond donors (Lipinski definition) is 2. The average molecular weight is 249 g/mol. The Morgan fingerprint density at radius 3 is 2.89 bits per heavy atom. The van der Waals surface area contributed by atoms with Gasteiger partial charge in [-0.2, -0.15) is 5.10 Å². The van der Waals surface area contributed by atoms with Crippen molar-refractivity contribution in [3.05, 3.63) is 41.1 Å². The van der Waals surface area contributed by atoms with Crippen LogP contribution < -0.4 is 5.32 Å². The first-order valence-electron chi connectivity index (χ1n) is 5.58. The number of hydrogen-bond acceptors (Lipinski definition) is 4. The van der Waals surface area contributed by atoms with E-state index in [1.807, 2.05) is 19.3 Å². The summed E-state index contributed by atoms with van der Waals surface area (Å²) >= 11 is 0. The number of aryl methyl sites for hydroxylation is 2. The summed E-state index contributed by atoms with van der Waals surface area (Å²) in [6, 6.07) is 3.46. The maximum Gasteiger partial charge on any atom is 0.339 e. The van der Waals surface area contributed by atoms with E-state index < -0.39 is 5.97 Å². The van der Waals surface area contributed by atoms with Crippen molar-refractivity contribution in [1.82, 2.24) is 15.1 Å². The fraction of sp³-hybridized carbons (Fsp3) is 0.333. The normalized spacial score (nSPS) is 10.8. The number of rotatable bonds is 5. The molecule has 0 aromatic carbocycles. The van der Waals surface area contributed by atoms with Crippen LogP contribution in [0.1, 0.15) is 27.6 Å². The van der Waals surface area contributed by atoms with Crippen LogP contribution in [0.15, 0.2) is 22.7 Å². The fourth-order valence-corrected chi connectivity index (χ4v) is 1.71. The lowest BCUT2D eigenvalue weighted by atomic mass is 10.2. The molecule has 0 aliphatic rings. The predicted octanol–water partition coefficient (Wildman–Crippen LogP) is 1.31. The highest BCUT2D eigenvalue weighted by Crippen LogP contribution is 2.14. The number of carboxylic acids is 1. The summed E-state index contributed by atoms with van der Waals surface area (Å²) in [5, 5.41) is 16.3. The Hall–Kier alpha value is -2.08. The summed E-state index contributed by atoms with van der Waals surface area (Å²) in [4.78, 5) is 10.8. The molecular formula is C12H15N3O3. The van der Waals surface area contributed by atoms with E-state index in [4.69, 9.17) is 9.52 Å². The topological polar surface area (TPSA) is 80.3 Å². The lowest BCUT2D eigenvalue weighted by Gasteiger charge is -1.99. The molecule has 0 spiro atoms. The van der Waals surface area contributed by atoms with Gasteiger partial charge in [-0.1, -0.05) is 0 Å². The zero-order valence-electron chi connectivity index (χ0n) is 10.3. The molecule has 2 aromatic rings. The molecule has 0 unspecified atom stereocenters. The van der Waals surface area contributed by atoms with Crippen LogP contribution in [0.4, 0.5) is 0 Å². The summed E-state index contributed by atoms with van der Waals surface area (Å²) in [7, 11) is 1.86. The minimum atomic E-state index is -0.966. The summed E-state index contributed by atoms with van der Waals surface area (Å²) in [6.07, 6.45) is 1.87. The molecule has 96 valence electrons. The number of aromatic nitrogens is 2. The van der Waals surface area contributed by atoms with Gasteiger partial charge >= 0.3 is 5.97 Å². The van der Waals surface area contributed by atoms with Crippen molar-refractivity contribution < 1.29 is 14.3 Å². The van der Waals surface area contributed by atoms with Crippen LogP contribution in [0.25, 0.3) is 0 Å².